The zero-order valence-corrected chi connectivity index (χ0v) is 70.1. The van der Waals surface area contributed by atoms with Crippen molar-refractivity contribution in [1.82, 2.24) is 4.98 Å². The summed E-state index contributed by atoms with van der Waals surface area (Å²) in [5, 5.41) is 35.8. The zero-order valence-electron chi connectivity index (χ0n) is 163. The quantitative estimate of drug-likeness (QED) is 0.00803. The Labute approximate surface area is 824 Å². The normalized spacial score (nSPS) is 15.9. The molecule has 0 radical (unpaired) electrons. The van der Waals surface area contributed by atoms with Crippen molar-refractivity contribution in [2.75, 3.05) is 157 Å². The Morgan fingerprint density at radius 1 is 0.478 bits per heavy atom. The largest absolute Gasteiger partial charge is 1.00 e. The number of methoxy groups -OCH3 is 7. The summed E-state index contributed by atoms with van der Waals surface area (Å²) in [6, 6.07) is 33.4. The second kappa shape index (κ2) is 52.1. The minimum atomic E-state index is -3.44. The molecule has 0 spiro atoms. The van der Waals surface area contributed by atoms with Crippen LogP contribution in [0.2, 0.25) is 0 Å². The molecular formula is C76H198N6O27S6-98. The summed E-state index contributed by atoms with van der Waals surface area (Å²) >= 11 is 3.22. The number of oxime groups is 4. The number of carboxylic acids is 1. The van der Waals surface area contributed by atoms with E-state index in [1.165, 1.54) is 137 Å². The van der Waals surface area contributed by atoms with Crippen molar-refractivity contribution >= 4 is 114 Å². The molecule has 5 aromatic carbocycles. The topological polar surface area (TPSA) is 440 Å². The fourth-order valence-electron chi connectivity index (χ4n) is 10.0. The number of anilines is 1. The summed E-state index contributed by atoms with van der Waals surface area (Å²) in [5.41, 5.74) is 0.802. The van der Waals surface area contributed by atoms with Gasteiger partial charge in [0.15, 0.2) is 85.6 Å². The van der Waals surface area contributed by atoms with Crippen LogP contribution >= 0.6 is 23.1 Å². The van der Waals surface area contributed by atoms with E-state index in [9.17, 15) is 58.0 Å². The molecule has 0 aliphatic carbocycles. The van der Waals surface area contributed by atoms with Gasteiger partial charge in [0.2, 0.25) is 0 Å². The number of thioether (sulfide) groups is 1. The number of nitrogens with zero attached hydrogens (tertiary/aromatic N) is 5. The summed E-state index contributed by atoms with van der Waals surface area (Å²) in [6.07, 6.45) is 5.69. The number of sulfone groups is 4. The number of aromatic nitrogens is 1. The van der Waals surface area contributed by atoms with Gasteiger partial charge in [-0.15, -0.1) is 23.1 Å². The predicted molar refractivity (Wildman–Crippen MR) is 539 cm³/mol. The number of hydrogen-bond donors (Lipinski definition) is 3. The molecule has 39 heteroatoms. The number of nitrogens with one attached hydrogen (secondary N) is 1. The molecule has 3 aliphatic heterocycles. The van der Waals surface area contributed by atoms with Crippen molar-refractivity contribution < 1.29 is 265 Å². The molecule has 3 aliphatic rings. The van der Waals surface area contributed by atoms with Crippen molar-refractivity contribution in [3.05, 3.63) is 161 Å². The lowest BCUT2D eigenvalue weighted by Gasteiger charge is -2.10. The van der Waals surface area contributed by atoms with Gasteiger partial charge in [0.1, 0.15) is 0 Å². The molecule has 4 heterocycles. The molecule has 3 N–H and O–H groups in total. The number of amides is 1. The monoisotopic (exact) mass is 1920 g/mol. The Morgan fingerprint density at radius 3 is 1.13 bits per heavy atom. The molecule has 33 nitrogen and oxygen atoms in total. The first-order valence-corrected chi connectivity index (χ1v) is 44.4. The number of thiazole rings is 1. The van der Waals surface area contributed by atoms with Gasteiger partial charge in [-0.3, -0.25) is 10.1 Å². The number of carbonyl (C=O) groups is 4. The van der Waals surface area contributed by atoms with Crippen molar-refractivity contribution in [3.8, 4) is 0 Å². The van der Waals surface area contributed by atoms with Gasteiger partial charge in [0, 0.05) is 132 Å². The lowest BCUT2D eigenvalue weighted by molar-refractivity contribution is -0.133. The Kier molecular flexibility index (Phi) is 43.9. The van der Waals surface area contributed by atoms with Gasteiger partial charge in [-0.25, -0.2) is 53.0 Å². The summed E-state index contributed by atoms with van der Waals surface area (Å²) in [6.45, 7) is 7.12. The average Bonchev–Trinajstić information content (AvgIpc) is 1.80. The Hall–Kier alpha value is -8.68. The number of benzene rings is 5. The average molecular weight is 1920 g/mol. The van der Waals surface area contributed by atoms with E-state index in [1.807, 2.05) is 24.8 Å². The third kappa shape index (κ3) is 34.6. The van der Waals surface area contributed by atoms with Gasteiger partial charge in [-0.1, -0.05) is 87.4 Å². The first kappa shape index (κ1) is 96.9. The maximum absolute atomic E-state index is 12.9. The molecule has 1 aromatic heterocycles. The van der Waals surface area contributed by atoms with Crippen LogP contribution in [0, 0.1) is 6.92 Å². The van der Waals surface area contributed by atoms with E-state index in [2.05, 4.69) is 59.9 Å². The number of carbonyl (C=O) groups excluding carboxylic acids is 3. The van der Waals surface area contributed by atoms with Crippen LogP contribution in [0.1, 0.15) is 218 Å². The molecule has 828 valence electrons. The number of ether oxygens (including phenoxy) is 10. The molecule has 9 rings (SSSR count). The van der Waals surface area contributed by atoms with Crippen molar-refractivity contribution in [2.45, 2.75) is 101 Å². The highest BCUT2D eigenvalue weighted by Crippen LogP contribution is 2.24. The summed E-state index contributed by atoms with van der Waals surface area (Å²) < 4.78 is 147. The molecule has 115 heavy (non-hydrogen) atoms. The standard InChI is InChI=1S/C20H25N3O6S2.C17H23NO7S.C16H21NO7S.C13H17NO6S.C10H14OS.98H/c1-14-12-21-20(30-14)22-19(24)18(23-29-16-8-10-28-13-16)15-4-6-17(7-5-15)31(25,26)11-3-9-27-2;1-22-9-3-11-26(20,21)15-6-4-13(5-7-15)16(17(19)23-2)18-25-14-8-10-24-12-14;1-22-8-2-10-25(20,21)14-5-3-12(4-6-14)15(16(18)19)17-24-13-7-9-23-11-13;1-19-8-3-9-21(17,18)11-6-4-10(5-7-11)12(14-16)13(15)20-2;1-11-8-5-9-12-10-6-3-2-4-7-10;;;;;;;;;;;;;;;;;;;;;;;;;;;;;;;;;;;;;;;;;;;;;;;;;;;;;;;;;;;;;;;;;;;;;;;;;;;;;;;;;;;;;;;;;;;;;;;;;;/h4-7,12,16H,3,8-11,13H2,1-2H3,(H,21,22,24);4-7,14H,3,8-12H2,1-2H3;3-6,13H,2,7-11H2,1H3,(H,18,19);4-7,16H,3,8-9H2,1-2H3;2-4,6-7H,5,8-9H2,1H3;;;;;;;;;;;;;;;;;;;;;;;;;;;;;;;;;;;;;;;;;;;;;;;;;;;;;;;;;;;;;;;;;;;;;;;;;;;;;;;;;;;;;;;;;;;;;;;;;;/q;;;;;98*-1/b23-18+;18-16+;17-15+;14-12+;;;;;;;;;;;;;;;;;;;;;;;;;;;;;;;;;;;;;;;;;;;;;;;;;;;;;;;;;;;;;;;;;;;;;;;;;;;;;;;;;;;;;;;;;;;;;;;;;;;/t16-;14-;13-;;;;;;;;;;;;;;;;;;;;;;;;;;;;;;;;;;;;;;;;;;;;;;;;;;;;;;;;;;;;;;;;;;;;;;;;;;;;;;;;;;;;;;;;;;;;;;;;;;;;/m111..................................................................................................../s1/i;;;;;98*1+1. The minimum Gasteiger partial charge on any atom is -1.00 e. The second-order valence-corrected chi connectivity index (χ2v) is 35.7. The van der Waals surface area contributed by atoms with Gasteiger partial charge < -0.3 is 212 Å². The van der Waals surface area contributed by atoms with Crippen LogP contribution in [0.4, 0.5) is 5.13 Å². The van der Waals surface area contributed by atoms with Crippen LogP contribution in [-0.4, -0.2) is 265 Å². The molecule has 0 saturated carbocycles. The Morgan fingerprint density at radius 2 is 0.809 bits per heavy atom. The van der Waals surface area contributed by atoms with Crippen LogP contribution in [0.25, 0.3) is 0 Å². The van der Waals surface area contributed by atoms with E-state index >= 15 is 0 Å². The Bertz CT molecular complexity index is 4750. The second-order valence-electron chi connectivity index (χ2n) is 24.8. The van der Waals surface area contributed by atoms with Gasteiger partial charge in [0.05, 0.1) is 96.5 Å². The molecule has 3 fully saturated rings. The fourth-order valence-corrected chi connectivity index (χ4v) is 16.7. The van der Waals surface area contributed by atoms with Crippen LogP contribution in [0.3, 0.4) is 0 Å². The molecule has 3 atom stereocenters. The predicted octanol–water partition coefficient (Wildman–Crippen LogP) is 19.4. The van der Waals surface area contributed by atoms with Gasteiger partial charge >= 0.3 is 17.9 Å². The summed E-state index contributed by atoms with van der Waals surface area (Å²) in [7, 11) is -3.49. The smallest absolute Gasteiger partial charge is 0.360 e. The van der Waals surface area contributed by atoms with Crippen molar-refractivity contribution in [2.24, 2.45) is 20.6 Å². The lowest BCUT2D eigenvalue weighted by atomic mass is 10.1. The molecule has 0 unspecified atom stereocenters. The van der Waals surface area contributed by atoms with Crippen LogP contribution < -0.4 is 5.32 Å². The Balaban J connectivity index is -0.00000000819. The number of hydrogen-bond acceptors (Lipinski definition) is 33. The molecular weight excluding hydrogens is 1620 g/mol. The van der Waals surface area contributed by atoms with Crippen molar-refractivity contribution in [1.29, 1.82) is 0 Å². The third-order valence-electron chi connectivity index (χ3n) is 16.2. The molecule has 1 amide bonds. The maximum Gasteiger partial charge on any atom is 0.360 e. The lowest BCUT2D eigenvalue weighted by Crippen LogP contribution is -2.25. The first-order chi connectivity index (χ1) is 55.2. The van der Waals surface area contributed by atoms with Crippen LogP contribution in [0.15, 0.2) is 179 Å². The van der Waals surface area contributed by atoms with Gasteiger partial charge in [-0.05, 0) is 99.7 Å². The van der Waals surface area contributed by atoms with E-state index in [4.69, 9.17) is 62.4 Å². The zero-order chi connectivity index (χ0) is 84.1. The SMILES string of the molecule is COCCCS(=O)(=O)c1ccc(/C(=N\O)C(=O)OC)cc1.COCCCS(=O)(=O)c1ccc(/C(=N\O[C@@H]2CCOC2)C(=O)Nc2ncc(C)s2)cc1.COCCCS(=O)(=O)c1ccc(/C(=N\O[C@@H]2CCOC2)C(=O)O)cc1.COCCCS(=O)(=O)c1ccc(/C(=N\O[C@@H]2CCOC2)C(=O)OC)cc1.COCCCSc1ccccc1.[2H-].[2H-].[2H-].[2H-].[2H-].[2H-].[2H-].[2H-].[2H-].[2H-].[2H-].[2H-].[2H-].[2H-].[2H-].[2H-].[2H-].[2H-].[2H-].[2H-].[2H-].[2H-].[2H-].[2H-].[2H-].[2H-].[2H-].[2H-].[2H-].[2H-].[2H-].[2H-].[2H-].[2H-].[2H-].[2H-].[2H-].[2H-].[2H-].[2H-].[2H-].[2H-].[2H-].[2H-].[2H-].[2H-].[2H-].[2H-].[2H-].[2H-].[2H-].[2H-].[2H-].[2H-].[2H-].[2H-].[2H-].[2H-].[2H-].[2H-].[2H-].[2H-].[2H-].[2H-].[2H-].[2H-].[2H-].[2H-].[2H-].[2H-].[2H-].[2H-].[2H-].[2H-].[2H-].[2H-].[2H-].[2H-].[2H-].[2H-].[2H-].[2H-].[2H-].[2H-].[2H-].[2H-].[2H-].[2H-].[2H-].[2H-].[2H-].[2H-].[2H-].[2H-].[2H-].[2H-].[2H-].[2H-]. The number of rotatable bonds is 40. The summed E-state index contributed by atoms with van der Waals surface area (Å²) in [4.78, 5) is 70.6. The highest BCUT2D eigenvalue weighted by molar-refractivity contribution is 7.99. The van der Waals surface area contributed by atoms with Gasteiger partial charge in [0.25, 0.3) is 5.91 Å². The third-order valence-corrected chi connectivity index (χ3v) is 25.4. The minimum absolute atomic E-state index is 0. The number of aryl methyl sites for hydroxylation is 1. The van der Waals surface area contributed by atoms with Crippen LogP contribution in [0.5, 0.6) is 0 Å². The van der Waals surface area contributed by atoms with E-state index in [1.54, 1.807) is 25.4 Å². The van der Waals surface area contributed by atoms with Crippen LogP contribution in [-0.2, 0) is 120 Å². The number of aliphatic carboxylic acids is 1. The van der Waals surface area contributed by atoms with Gasteiger partial charge in [-0.2, -0.15) is 0 Å². The maximum atomic E-state index is 12.9. The van der Waals surface area contributed by atoms with Crippen molar-refractivity contribution in [3.63, 3.8) is 0 Å². The van der Waals surface area contributed by atoms with E-state index in [-0.39, 0.29) is 235 Å². The number of carboxylic acid groups (broad SMARTS) is 1. The van der Waals surface area contributed by atoms with E-state index in [0.29, 0.717) is 127 Å². The van der Waals surface area contributed by atoms with E-state index in [0.717, 1.165) is 30.8 Å². The summed E-state index contributed by atoms with van der Waals surface area (Å²) in [5.74, 6) is -2.19. The number of esters is 2. The highest BCUT2D eigenvalue weighted by Gasteiger charge is 2.27. The fraction of sp³-hybridized carbons (Fsp3) is 0.461. The molecule has 3 saturated heterocycles. The molecule has 0 bridgehead atoms. The molecule has 6 aromatic rings. The highest BCUT2D eigenvalue weighted by atomic mass is 32.2. The first-order valence-electron chi connectivity index (χ1n) is 36.0. The van der Waals surface area contributed by atoms with E-state index < -0.39 is 63.2 Å².